The number of amides is 3. The fourth-order valence-corrected chi connectivity index (χ4v) is 2.60. The fourth-order valence-electron chi connectivity index (χ4n) is 2.37. The minimum absolute atomic E-state index is 0.391. The van der Waals surface area contributed by atoms with Crippen molar-refractivity contribution in [2.24, 2.45) is 0 Å². The number of esters is 1. The third kappa shape index (κ3) is 6.13. The first-order valence-electron chi connectivity index (χ1n) is 8.69. The first kappa shape index (κ1) is 21.5. The number of hydrogen-bond acceptors (Lipinski definition) is 5. The standard InChI is InChI=1S/C20H23ClN2O5/c1-12(18(25)22-19(26)23-20(2,3)4)28-17(24)11-27-16-10-9-15(21)13-7-5-6-8-14(13)16/h5-10,12H,11H2,1-4H3,(H2,22,23,25,26)/t12-/m0/s1. The molecule has 150 valence electrons. The van der Waals surface area contributed by atoms with Crippen LogP contribution in [-0.2, 0) is 14.3 Å². The molecular formula is C20H23ClN2O5. The summed E-state index contributed by atoms with van der Waals surface area (Å²) in [4.78, 5) is 35.7. The van der Waals surface area contributed by atoms with Crippen molar-refractivity contribution in [3.05, 3.63) is 41.4 Å². The predicted octanol–water partition coefficient (Wildman–Crippen LogP) is 3.43. The van der Waals surface area contributed by atoms with Crippen LogP contribution in [0.5, 0.6) is 5.75 Å². The molecule has 2 aromatic carbocycles. The van der Waals surface area contributed by atoms with Crippen LogP contribution in [0.15, 0.2) is 36.4 Å². The van der Waals surface area contributed by atoms with Crippen LogP contribution in [0, 0.1) is 0 Å². The molecule has 0 heterocycles. The molecule has 3 amide bonds. The van der Waals surface area contributed by atoms with E-state index in [0.29, 0.717) is 10.8 Å². The summed E-state index contributed by atoms with van der Waals surface area (Å²) in [6.07, 6.45) is -1.15. The van der Waals surface area contributed by atoms with Gasteiger partial charge in [-0.3, -0.25) is 10.1 Å². The highest BCUT2D eigenvalue weighted by molar-refractivity contribution is 6.35. The number of carbonyl (C=O) groups excluding carboxylic acids is 3. The summed E-state index contributed by atoms with van der Waals surface area (Å²) in [5.74, 6) is -0.997. The monoisotopic (exact) mass is 406 g/mol. The predicted molar refractivity (Wildman–Crippen MR) is 106 cm³/mol. The van der Waals surface area contributed by atoms with E-state index in [2.05, 4.69) is 10.6 Å². The zero-order valence-electron chi connectivity index (χ0n) is 16.2. The van der Waals surface area contributed by atoms with Crippen LogP contribution in [0.2, 0.25) is 5.02 Å². The lowest BCUT2D eigenvalue weighted by Crippen LogP contribution is -2.50. The molecule has 0 aromatic heterocycles. The number of fused-ring (bicyclic) bond motifs is 1. The van der Waals surface area contributed by atoms with Crippen molar-refractivity contribution >= 4 is 40.3 Å². The van der Waals surface area contributed by atoms with Gasteiger partial charge in [0.1, 0.15) is 5.75 Å². The lowest BCUT2D eigenvalue weighted by molar-refractivity contribution is -0.156. The summed E-state index contributed by atoms with van der Waals surface area (Å²) in [5.41, 5.74) is -0.501. The molecule has 7 nitrogen and oxygen atoms in total. The van der Waals surface area contributed by atoms with E-state index in [9.17, 15) is 14.4 Å². The molecule has 0 aliphatic carbocycles. The molecule has 1 atom stereocenters. The highest BCUT2D eigenvalue weighted by atomic mass is 35.5. The quantitative estimate of drug-likeness (QED) is 0.742. The molecule has 0 radical (unpaired) electrons. The van der Waals surface area contributed by atoms with Gasteiger partial charge >= 0.3 is 12.0 Å². The first-order chi connectivity index (χ1) is 13.1. The van der Waals surface area contributed by atoms with Crippen molar-refractivity contribution in [1.29, 1.82) is 0 Å². The summed E-state index contributed by atoms with van der Waals surface area (Å²) >= 11 is 6.15. The first-order valence-corrected chi connectivity index (χ1v) is 9.07. The van der Waals surface area contributed by atoms with Gasteiger partial charge in [-0.15, -0.1) is 0 Å². The van der Waals surface area contributed by atoms with Crippen molar-refractivity contribution in [3.8, 4) is 5.75 Å². The Morgan fingerprint density at radius 1 is 1.07 bits per heavy atom. The van der Waals surface area contributed by atoms with E-state index in [4.69, 9.17) is 21.1 Å². The lowest BCUT2D eigenvalue weighted by atomic mass is 10.1. The Kier molecular flexibility index (Phi) is 6.85. The Morgan fingerprint density at radius 2 is 1.71 bits per heavy atom. The van der Waals surface area contributed by atoms with Crippen molar-refractivity contribution in [2.45, 2.75) is 39.3 Å². The van der Waals surface area contributed by atoms with E-state index >= 15 is 0 Å². The van der Waals surface area contributed by atoms with Gasteiger partial charge in [-0.2, -0.15) is 0 Å². The molecule has 2 N–H and O–H groups in total. The molecule has 2 rings (SSSR count). The molecule has 0 unspecified atom stereocenters. The summed E-state index contributed by atoms with van der Waals surface area (Å²) < 4.78 is 10.5. The molecule has 0 spiro atoms. The smallest absolute Gasteiger partial charge is 0.344 e. The third-order valence-corrected chi connectivity index (χ3v) is 3.91. The summed E-state index contributed by atoms with van der Waals surface area (Å²) in [6.45, 7) is 6.31. The van der Waals surface area contributed by atoms with Gasteiger partial charge in [-0.1, -0.05) is 35.9 Å². The lowest BCUT2D eigenvalue weighted by Gasteiger charge is -2.21. The average Bonchev–Trinajstić information content (AvgIpc) is 2.59. The second kappa shape index (κ2) is 8.93. The minimum Gasteiger partial charge on any atom is -0.481 e. The van der Waals surface area contributed by atoms with E-state index in [1.54, 1.807) is 32.9 Å². The van der Waals surface area contributed by atoms with Gasteiger partial charge in [0.25, 0.3) is 5.91 Å². The summed E-state index contributed by atoms with van der Waals surface area (Å²) in [6, 6.07) is 10.0. The number of rotatable bonds is 5. The molecule has 0 saturated carbocycles. The molecule has 0 fully saturated rings. The van der Waals surface area contributed by atoms with E-state index in [1.807, 2.05) is 24.3 Å². The van der Waals surface area contributed by atoms with Crippen LogP contribution >= 0.6 is 11.6 Å². The normalized spacial score (nSPS) is 12.2. The Labute approximate surface area is 168 Å². The zero-order chi connectivity index (χ0) is 20.9. The largest absolute Gasteiger partial charge is 0.481 e. The second-order valence-electron chi connectivity index (χ2n) is 7.21. The van der Waals surface area contributed by atoms with Gasteiger partial charge in [-0.25, -0.2) is 9.59 Å². The van der Waals surface area contributed by atoms with Gasteiger partial charge in [0.15, 0.2) is 12.7 Å². The molecule has 8 heteroatoms. The fraction of sp³-hybridized carbons (Fsp3) is 0.350. The highest BCUT2D eigenvalue weighted by Gasteiger charge is 2.22. The summed E-state index contributed by atoms with van der Waals surface area (Å²) in [5, 5.41) is 6.83. The van der Waals surface area contributed by atoms with Gasteiger partial charge in [-0.05, 0) is 39.8 Å². The molecule has 0 saturated heterocycles. The number of ether oxygens (including phenoxy) is 2. The van der Waals surface area contributed by atoms with Crippen LogP contribution < -0.4 is 15.4 Å². The Hall–Kier alpha value is -2.80. The van der Waals surface area contributed by atoms with Gasteiger partial charge in [0, 0.05) is 21.3 Å². The number of benzene rings is 2. The van der Waals surface area contributed by atoms with Gasteiger partial charge in [0.2, 0.25) is 0 Å². The van der Waals surface area contributed by atoms with Gasteiger partial charge in [0.05, 0.1) is 0 Å². The Balaban J connectivity index is 1.90. The molecule has 2 aromatic rings. The van der Waals surface area contributed by atoms with Crippen LogP contribution in [0.1, 0.15) is 27.7 Å². The number of urea groups is 1. The molecular weight excluding hydrogens is 384 g/mol. The number of halogens is 1. The van der Waals surface area contributed by atoms with Crippen LogP contribution in [-0.4, -0.2) is 36.2 Å². The SMILES string of the molecule is C[C@H](OC(=O)COc1ccc(Cl)c2ccccc12)C(=O)NC(=O)NC(C)(C)C. The number of imide groups is 1. The van der Waals surface area contributed by atoms with Crippen molar-refractivity contribution < 1.29 is 23.9 Å². The number of carbonyl (C=O) groups is 3. The van der Waals surface area contributed by atoms with Crippen molar-refractivity contribution in [1.82, 2.24) is 10.6 Å². The highest BCUT2D eigenvalue weighted by Crippen LogP contribution is 2.31. The van der Waals surface area contributed by atoms with Crippen molar-refractivity contribution in [2.75, 3.05) is 6.61 Å². The maximum atomic E-state index is 12.0. The Morgan fingerprint density at radius 3 is 2.36 bits per heavy atom. The number of nitrogens with one attached hydrogen (secondary N) is 2. The molecule has 0 bridgehead atoms. The van der Waals surface area contributed by atoms with E-state index in [1.165, 1.54) is 6.92 Å². The maximum absolute atomic E-state index is 12.0. The van der Waals surface area contributed by atoms with E-state index in [-0.39, 0.29) is 0 Å². The summed E-state index contributed by atoms with van der Waals surface area (Å²) in [7, 11) is 0. The minimum atomic E-state index is -1.15. The molecule has 0 aliphatic rings. The average molecular weight is 407 g/mol. The zero-order valence-corrected chi connectivity index (χ0v) is 16.9. The van der Waals surface area contributed by atoms with Crippen molar-refractivity contribution in [3.63, 3.8) is 0 Å². The van der Waals surface area contributed by atoms with Crippen LogP contribution in [0.25, 0.3) is 10.8 Å². The third-order valence-electron chi connectivity index (χ3n) is 3.58. The topological polar surface area (TPSA) is 93.7 Å². The maximum Gasteiger partial charge on any atom is 0.344 e. The Bertz CT molecular complexity index is 892. The van der Waals surface area contributed by atoms with E-state index < -0.39 is 36.2 Å². The van der Waals surface area contributed by atoms with Crippen LogP contribution in [0.3, 0.4) is 0 Å². The molecule has 0 aliphatic heterocycles. The number of hydrogen-bond donors (Lipinski definition) is 2. The van der Waals surface area contributed by atoms with Crippen LogP contribution in [0.4, 0.5) is 4.79 Å². The second-order valence-corrected chi connectivity index (χ2v) is 7.61. The van der Waals surface area contributed by atoms with Gasteiger partial charge < -0.3 is 14.8 Å². The van der Waals surface area contributed by atoms with E-state index in [0.717, 1.165) is 10.8 Å². The molecule has 28 heavy (non-hydrogen) atoms.